The van der Waals surface area contributed by atoms with Crippen LogP contribution in [0.1, 0.15) is 6.42 Å². The molecule has 1 unspecified atom stereocenters. The van der Waals surface area contributed by atoms with Gasteiger partial charge in [0.1, 0.15) is 0 Å². The molecule has 0 N–H and O–H groups in total. The fraction of sp³-hybridized carbons (Fsp3) is 0.667. The smallest absolute Gasteiger partial charge is 0.0842 e. The van der Waals surface area contributed by atoms with Crippen molar-refractivity contribution in [3.05, 3.63) is 12.7 Å². The van der Waals surface area contributed by atoms with Crippen LogP contribution in [0.4, 0.5) is 0 Å². The molecule has 0 radical (unpaired) electrons. The highest BCUT2D eigenvalue weighted by Crippen LogP contribution is 1.86. The highest BCUT2D eigenvalue weighted by atomic mass is 32.2. The average molecular weight is 179 g/mol. The minimum atomic E-state index is -2.40. The zero-order chi connectivity index (χ0) is 8.53. The first-order chi connectivity index (χ1) is 5.27. The fourth-order valence-corrected chi connectivity index (χ4v) is 0.709. The van der Waals surface area contributed by atoms with E-state index in [2.05, 4.69) is 10.8 Å². The molecule has 0 saturated carbocycles. The van der Waals surface area contributed by atoms with E-state index in [9.17, 15) is 8.76 Å². The van der Waals surface area contributed by atoms with Gasteiger partial charge in [0.15, 0.2) is 0 Å². The van der Waals surface area contributed by atoms with Gasteiger partial charge in [0, 0.05) is 6.61 Å². The summed E-state index contributed by atoms with van der Waals surface area (Å²) in [6.45, 7) is 4.60. The van der Waals surface area contributed by atoms with Gasteiger partial charge in [-0.05, 0) is 6.42 Å². The summed E-state index contributed by atoms with van der Waals surface area (Å²) in [7, 11) is 0. The van der Waals surface area contributed by atoms with E-state index in [0.717, 1.165) is 0 Å². The van der Waals surface area contributed by atoms with Crippen molar-refractivity contribution in [3.63, 3.8) is 0 Å². The third kappa shape index (κ3) is 9.77. The first kappa shape index (κ1) is 10.8. The SMILES string of the molecule is C=CCOCCCOS(=O)[O-]. The molecule has 1 atom stereocenters. The minimum absolute atomic E-state index is 0.174. The van der Waals surface area contributed by atoms with Gasteiger partial charge in [0.05, 0.1) is 24.6 Å². The maximum absolute atomic E-state index is 9.81. The van der Waals surface area contributed by atoms with Gasteiger partial charge in [-0.2, -0.15) is 0 Å². The molecule has 4 nitrogen and oxygen atoms in total. The standard InChI is InChI=1S/C6H12O4S/c1-2-4-9-5-3-6-10-11(7)8/h2H,1,3-6H2,(H,7,8)/p-1. The van der Waals surface area contributed by atoms with Crippen molar-refractivity contribution in [3.8, 4) is 0 Å². The van der Waals surface area contributed by atoms with Gasteiger partial charge < -0.3 is 13.5 Å². The lowest BCUT2D eigenvalue weighted by molar-refractivity contribution is 0.143. The molecule has 0 aromatic rings. The molecular weight excluding hydrogens is 168 g/mol. The van der Waals surface area contributed by atoms with Crippen LogP contribution in [-0.4, -0.2) is 28.6 Å². The van der Waals surface area contributed by atoms with Gasteiger partial charge in [-0.3, -0.25) is 0 Å². The van der Waals surface area contributed by atoms with Crippen molar-refractivity contribution in [2.24, 2.45) is 0 Å². The monoisotopic (exact) mass is 179 g/mol. The molecule has 0 rings (SSSR count). The molecule has 0 aliphatic carbocycles. The summed E-state index contributed by atoms with van der Waals surface area (Å²) in [5.41, 5.74) is 0. The Bertz CT molecular complexity index is 126. The third-order valence-corrected chi connectivity index (χ3v) is 1.21. The molecule has 0 aromatic heterocycles. The second kappa shape index (κ2) is 7.87. The summed E-state index contributed by atoms with van der Waals surface area (Å²) in [5.74, 6) is 0. The number of hydrogen-bond acceptors (Lipinski definition) is 4. The van der Waals surface area contributed by atoms with Crippen molar-refractivity contribution in [1.29, 1.82) is 0 Å². The molecule has 0 bridgehead atoms. The van der Waals surface area contributed by atoms with Gasteiger partial charge in [0.25, 0.3) is 0 Å². The molecule has 0 saturated heterocycles. The first-order valence-electron chi connectivity index (χ1n) is 3.18. The Balaban J connectivity index is 2.90. The van der Waals surface area contributed by atoms with Gasteiger partial charge in [-0.25, -0.2) is 4.21 Å². The predicted octanol–water partition coefficient (Wildman–Crippen LogP) is 0.390. The van der Waals surface area contributed by atoms with Crippen LogP contribution in [0.15, 0.2) is 12.7 Å². The van der Waals surface area contributed by atoms with Crippen LogP contribution in [-0.2, 0) is 20.3 Å². The summed E-state index contributed by atoms with van der Waals surface area (Å²) < 4.78 is 28.8. The normalized spacial score (nSPS) is 12.8. The Morgan fingerprint density at radius 2 is 2.27 bits per heavy atom. The van der Waals surface area contributed by atoms with Gasteiger partial charge in [-0.15, -0.1) is 6.58 Å². The van der Waals surface area contributed by atoms with Gasteiger partial charge >= 0.3 is 0 Å². The van der Waals surface area contributed by atoms with Crippen molar-refractivity contribution in [2.45, 2.75) is 6.42 Å². The topological polar surface area (TPSA) is 58.6 Å². The van der Waals surface area contributed by atoms with Crippen molar-refractivity contribution in [1.82, 2.24) is 0 Å². The van der Waals surface area contributed by atoms with E-state index in [-0.39, 0.29) is 6.61 Å². The van der Waals surface area contributed by atoms with E-state index < -0.39 is 11.4 Å². The Labute approximate surface area is 68.7 Å². The lowest BCUT2D eigenvalue weighted by Gasteiger charge is -2.04. The average Bonchev–Trinajstić information content (AvgIpc) is 1.96. The van der Waals surface area contributed by atoms with Crippen LogP contribution in [0.5, 0.6) is 0 Å². The van der Waals surface area contributed by atoms with Crippen LogP contribution in [0, 0.1) is 0 Å². The number of ether oxygens (including phenoxy) is 1. The zero-order valence-corrected chi connectivity index (χ0v) is 6.97. The summed E-state index contributed by atoms with van der Waals surface area (Å²) in [4.78, 5) is 0. The fourth-order valence-electron chi connectivity index (χ4n) is 0.455. The van der Waals surface area contributed by atoms with Crippen LogP contribution >= 0.6 is 0 Å². The van der Waals surface area contributed by atoms with E-state index in [4.69, 9.17) is 4.74 Å². The summed E-state index contributed by atoms with van der Waals surface area (Å²) in [5, 5.41) is 0. The highest BCUT2D eigenvalue weighted by molar-refractivity contribution is 7.74. The molecule has 11 heavy (non-hydrogen) atoms. The lowest BCUT2D eigenvalue weighted by Crippen LogP contribution is -2.02. The second-order valence-corrected chi connectivity index (χ2v) is 2.39. The third-order valence-electron chi connectivity index (χ3n) is 0.848. The summed E-state index contributed by atoms with van der Waals surface area (Å²) >= 11 is -2.40. The first-order valence-corrected chi connectivity index (χ1v) is 4.18. The molecule has 0 aromatic carbocycles. The molecular formula is C6H11O4S-. The predicted molar refractivity (Wildman–Crippen MR) is 40.5 cm³/mol. The maximum Gasteiger partial charge on any atom is 0.0842 e. The van der Waals surface area contributed by atoms with E-state index >= 15 is 0 Å². The minimum Gasteiger partial charge on any atom is -0.750 e. The van der Waals surface area contributed by atoms with E-state index in [1.807, 2.05) is 0 Å². The Hall–Kier alpha value is -0.230. The molecule has 5 heteroatoms. The Kier molecular flexibility index (Phi) is 7.71. The summed E-state index contributed by atoms with van der Waals surface area (Å²) in [6, 6.07) is 0. The van der Waals surface area contributed by atoms with E-state index in [0.29, 0.717) is 19.6 Å². The molecule has 66 valence electrons. The van der Waals surface area contributed by atoms with Crippen molar-refractivity contribution in [2.75, 3.05) is 19.8 Å². The van der Waals surface area contributed by atoms with Crippen LogP contribution in [0.3, 0.4) is 0 Å². The van der Waals surface area contributed by atoms with Crippen molar-refractivity contribution >= 4 is 11.4 Å². The molecule has 0 fully saturated rings. The molecule has 0 heterocycles. The lowest BCUT2D eigenvalue weighted by atomic mass is 10.5. The van der Waals surface area contributed by atoms with E-state index in [1.54, 1.807) is 6.08 Å². The Morgan fingerprint density at radius 1 is 1.55 bits per heavy atom. The molecule has 0 aliphatic rings. The quantitative estimate of drug-likeness (QED) is 0.322. The number of rotatable bonds is 7. The Morgan fingerprint density at radius 3 is 2.82 bits per heavy atom. The molecule has 0 spiro atoms. The van der Waals surface area contributed by atoms with Crippen LogP contribution < -0.4 is 0 Å². The van der Waals surface area contributed by atoms with Crippen LogP contribution in [0.2, 0.25) is 0 Å². The maximum atomic E-state index is 9.81. The van der Waals surface area contributed by atoms with E-state index in [1.165, 1.54) is 0 Å². The second-order valence-electron chi connectivity index (χ2n) is 1.74. The largest absolute Gasteiger partial charge is 0.750 e. The molecule has 0 aliphatic heterocycles. The molecule has 0 amide bonds. The van der Waals surface area contributed by atoms with Crippen molar-refractivity contribution < 1.29 is 17.7 Å². The zero-order valence-electron chi connectivity index (χ0n) is 6.15. The van der Waals surface area contributed by atoms with Gasteiger partial charge in [-0.1, -0.05) is 6.08 Å². The number of hydrogen-bond donors (Lipinski definition) is 0. The highest BCUT2D eigenvalue weighted by Gasteiger charge is 1.87. The van der Waals surface area contributed by atoms with Crippen LogP contribution in [0.25, 0.3) is 0 Å². The van der Waals surface area contributed by atoms with Gasteiger partial charge in [0.2, 0.25) is 0 Å². The summed E-state index contributed by atoms with van der Waals surface area (Å²) in [6.07, 6.45) is 2.20.